The summed E-state index contributed by atoms with van der Waals surface area (Å²) in [6, 6.07) is 4.57. The first-order valence-corrected chi connectivity index (χ1v) is 9.52. The summed E-state index contributed by atoms with van der Waals surface area (Å²) >= 11 is 5.97. The van der Waals surface area contributed by atoms with Crippen molar-refractivity contribution in [3.05, 3.63) is 28.8 Å². The van der Waals surface area contributed by atoms with E-state index in [2.05, 4.69) is 37.1 Å². The van der Waals surface area contributed by atoms with Gasteiger partial charge in [0.05, 0.1) is 0 Å². The highest BCUT2D eigenvalue weighted by Crippen LogP contribution is 2.24. The van der Waals surface area contributed by atoms with E-state index in [1.54, 1.807) is 13.1 Å². The van der Waals surface area contributed by atoms with Gasteiger partial charge >= 0.3 is 6.61 Å². The average Bonchev–Trinajstić information content (AvgIpc) is 2.66. The van der Waals surface area contributed by atoms with Crippen LogP contribution in [0.1, 0.15) is 12.5 Å². The van der Waals surface area contributed by atoms with Crippen LogP contribution < -0.4 is 15.4 Å². The van der Waals surface area contributed by atoms with Crippen molar-refractivity contribution in [3.8, 4) is 5.75 Å². The van der Waals surface area contributed by atoms with E-state index in [1.165, 1.54) is 12.1 Å². The number of aliphatic imine (C=N–C) groups is 1. The SMILES string of the molecule is CCN1CCN(CCNC(=NC)NCc2cc(Cl)ccc2OC(F)F)CC1. The Morgan fingerprint density at radius 1 is 1.22 bits per heavy atom. The third kappa shape index (κ3) is 7.48. The summed E-state index contributed by atoms with van der Waals surface area (Å²) in [5.41, 5.74) is 0.543. The van der Waals surface area contributed by atoms with Crippen LogP contribution in [0.25, 0.3) is 0 Å². The molecule has 1 saturated heterocycles. The number of nitrogens with zero attached hydrogens (tertiary/aromatic N) is 3. The van der Waals surface area contributed by atoms with Crippen molar-refractivity contribution < 1.29 is 13.5 Å². The Morgan fingerprint density at radius 2 is 1.93 bits per heavy atom. The molecule has 2 rings (SSSR count). The Labute approximate surface area is 164 Å². The van der Waals surface area contributed by atoms with E-state index in [4.69, 9.17) is 11.6 Å². The zero-order valence-electron chi connectivity index (χ0n) is 15.9. The third-order valence-corrected chi connectivity index (χ3v) is 4.78. The van der Waals surface area contributed by atoms with Crippen LogP contribution in [0.15, 0.2) is 23.2 Å². The first-order valence-electron chi connectivity index (χ1n) is 9.14. The molecule has 1 aromatic carbocycles. The van der Waals surface area contributed by atoms with Gasteiger partial charge in [-0.1, -0.05) is 18.5 Å². The van der Waals surface area contributed by atoms with Crippen LogP contribution in [0.4, 0.5) is 8.78 Å². The van der Waals surface area contributed by atoms with E-state index in [9.17, 15) is 8.78 Å². The molecule has 0 aromatic heterocycles. The second kappa shape index (κ2) is 11.3. The molecule has 1 heterocycles. The quantitative estimate of drug-likeness (QED) is 0.515. The lowest BCUT2D eigenvalue weighted by Crippen LogP contribution is -2.49. The van der Waals surface area contributed by atoms with Gasteiger partial charge in [-0.05, 0) is 24.7 Å². The van der Waals surface area contributed by atoms with Crippen molar-refractivity contribution in [1.82, 2.24) is 20.4 Å². The summed E-state index contributed by atoms with van der Waals surface area (Å²) in [4.78, 5) is 9.02. The number of hydrogen-bond donors (Lipinski definition) is 2. The van der Waals surface area contributed by atoms with Crippen molar-refractivity contribution in [2.24, 2.45) is 4.99 Å². The summed E-state index contributed by atoms with van der Waals surface area (Å²) < 4.78 is 29.6. The molecule has 1 aliphatic rings. The first kappa shape index (κ1) is 21.7. The first-order chi connectivity index (χ1) is 13.0. The minimum atomic E-state index is -2.88. The maximum Gasteiger partial charge on any atom is 0.387 e. The van der Waals surface area contributed by atoms with Gasteiger partial charge < -0.3 is 20.3 Å². The largest absolute Gasteiger partial charge is 0.434 e. The fourth-order valence-electron chi connectivity index (χ4n) is 2.96. The van der Waals surface area contributed by atoms with Gasteiger partial charge in [-0.25, -0.2) is 0 Å². The number of guanidine groups is 1. The predicted octanol–water partition coefficient (Wildman–Crippen LogP) is 2.24. The second-order valence-electron chi connectivity index (χ2n) is 6.26. The summed E-state index contributed by atoms with van der Waals surface area (Å²) in [7, 11) is 1.67. The van der Waals surface area contributed by atoms with E-state index in [0.29, 0.717) is 16.5 Å². The van der Waals surface area contributed by atoms with E-state index in [1.807, 2.05) is 0 Å². The molecule has 1 fully saturated rings. The molecule has 0 bridgehead atoms. The van der Waals surface area contributed by atoms with Gasteiger partial charge in [-0.2, -0.15) is 8.78 Å². The molecule has 27 heavy (non-hydrogen) atoms. The number of likely N-dealkylation sites (N-methyl/N-ethyl adjacent to an activating group) is 1. The number of rotatable bonds is 8. The molecule has 0 amide bonds. The van der Waals surface area contributed by atoms with Gasteiger partial charge in [0.15, 0.2) is 5.96 Å². The smallest absolute Gasteiger partial charge is 0.387 e. The summed E-state index contributed by atoms with van der Waals surface area (Å²) in [5.74, 6) is 0.705. The van der Waals surface area contributed by atoms with Crippen molar-refractivity contribution in [1.29, 1.82) is 0 Å². The fourth-order valence-corrected chi connectivity index (χ4v) is 3.15. The standard InChI is InChI=1S/C18H28ClF2N5O/c1-3-25-8-10-26(11-9-25)7-6-23-18(22-2)24-13-14-12-15(19)4-5-16(14)27-17(20)21/h4-5,12,17H,3,6-11,13H2,1-2H3,(H2,22,23,24). The van der Waals surface area contributed by atoms with Crippen molar-refractivity contribution >= 4 is 17.6 Å². The van der Waals surface area contributed by atoms with Gasteiger partial charge in [0, 0.05) is 63.4 Å². The van der Waals surface area contributed by atoms with Gasteiger partial charge in [0.25, 0.3) is 0 Å². The van der Waals surface area contributed by atoms with Crippen molar-refractivity contribution in [2.75, 3.05) is 52.9 Å². The maximum atomic E-state index is 12.5. The van der Waals surface area contributed by atoms with Crippen molar-refractivity contribution in [3.63, 3.8) is 0 Å². The van der Waals surface area contributed by atoms with Gasteiger partial charge in [0.1, 0.15) is 5.75 Å². The Bertz CT molecular complexity index is 609. The lowest BCUT2D eigenvalue weighted by Gasteiger charge is -2.34. The number of hydrogen-bond acceptors (Lipinski definition) is 4. The molecule has 152 valence electrons. The number of nitrogens with one attached hydrogen (secondary N) is 2. The van der Waals surface area contributed by atoms with Crippen LogP contribution in [-0.2, 0) is 6.54 Å². The number of alkyl halides is 2. The normalized spacial score (nSPS) is 16.6. The zero-order valence-corrected chi connectivity index (χ0v) is 16.6. The van der Waals surface area contributed by atoms with E-state index in [0.717, 1.165) is 45.8 Å². The summed E-state index contributed by atoms with van der Waals surface area (Å²) in [5, 5.41) is 6.82. The maximum absolute atomic E-state index is 12.5. The molecule has 0 unspecified atom stereocenters. The number of piperazine rings is 1. The highest BCUT2D eigenvalue weighted by atomic mass is 35.5. The number of halogens is 3. The molecular formula is C18H28ClF2N5O. The Kier molecular flexibility index (Phi) is 9.03. The van der Waals surface area contributed by atoms with Crippen LogP contribution in [0.2, 0.25) is 5.02 Å². The van der Waals surface area contributed by atoms with Gasteiger partial charge in [-0.15, -0.1) is 0 Å². The average molecular weight is 404 g/mol. The summed E-state index contributed by atoms with van der Waals surface area (Å²) in [6.07, 6.45) is 0. The molecule has 1 aromatic rings. The topological polar surface area (TPSA) is 52.1 Å². The molecule has 0 radical (unpaired) electrons. The lowest BCUT2D eigenvalue weighted by atomic mass is 10.2. The highest BCUT2D eigenvalue weighted by molar-refractivity contribution is 6.30. The third-order valence-electron chi connectivity index (χ3n) is 4.54. The zero-order chi connectivity index (χ0) is 19.6. The molecule has 6 nitrogen and oxygen atoms in total. The molecule has 9 heteroatoms. The molecule has 2 N–H and O–H groups in total. The molecule has 0 saturated carbocycles. The molecule has 0 atom stereocenters. The molecule has 0 aliphatic carbocycles. The van der Waals surface area contributed by atoms with Crippen LogP contribution in [0, 0.1) is 0 Å². The minimum absolute atomic E-state index is 0.103. The Balaban J connectivity index is 1.78. The van der Waals surface area contributed by atoms with Crippen LogP contribution in [0.5, 0.6) is 5.75 Å². The summed E-state index contributed by atoms with van der Waals surface area (Å²) in [6.45, 7) is 6.70. The second-order valence-corrected chi connectivity index (χ2v) is 6.70. The minimum Gasteiger partial charge on any atom is -0.434 e. The predicted molar refractivity (Wildman–Crippen MR) is 105 cm³/mol. The van der Waals surface area contributed by atoms with Crippen LogP contribution in [0.3, 0.4) is 0 Å². The lowest BCUT2D eigenvalue weighted by molar-refractivity contribution is -0.0504. The number of benzene rings is 1. The van der Waals surface area contributed by atoms with E-state index < -0.39 is 6.61 Å². The molecule has 0 spiro atoms. The monoisotopic (exact) mass is 403 g/mol. The highest BCUT2D eigenvalue weighted by Gasteiger charge is 2.15. The van der Waals surface area contributed by atoms with Gasteiger partial charge in [0.2, 0.25) is 0 Å². The molecule has 1 aliphatic heterocycles. The van der Waals surface area contributed by atoms with Crippen LogP contribution >= 0.6 is 11.6 Å². The van der Waals surface area contributed by atoms with E-state index in [-0.39, 0.29) is 12.3 Å². The molecular weight excluding hydrogens is 376 g/mol. The Hall–Kier alpha value is -1.64. The van der Waals surface area contributed by atoms with E-state index >= 15 is 0 Å². The van der Waals surface area contributed by atoms with Crippen molar-refractivity contribution in [2.45, 2.75) is 20.1 Å². The Morgan fingerprint density at radius 3 is 2.56 bits per heavy atom. The van der Waals surface area contributed by atoms with Crippen LogP contribution in [-0.4, -0.2) is 75.2 Å². The fraction of sp³-hybridized carbons (Fsp3) is 0.611. The van der Waals surface area contributed by atoms with Gasteiger partial charge in [-0.3, -0.25) is 9.89 Å². The number of ether oxygens (including phenoxy) is 1.